The summed E-state index contributed by atoms with van der Waals surface area (Å²) in [7, 11) is 1.16. The van der Waals surface area contributed by atoms with E-state index >= 15 is 0 Å². The number of aryl methyl sites for hydroxylation is 1. The number of fused-ring (bicyclic) bond motifs is 1. The summed E-state index contributed by atoms with van der Waals surface area (Å²) in [6.07, 6.45) is 0.765. The number of nitrogens with one attached hydrogen (secondary N) is 1. The van der Waals surface area contributed by atoms with E-state index in [0.29, 0.717) is 18.5 Å². The minimum Gasteiger partial charge on any atom is -0.464 e. The Morgan fingerprint density at radius 3 is 2.79 bits per heavy atom. The molecular formula is C9H8FNO3. The second-order valence-corrected chi connectivity index (χ2v) is 3.08. The quantitative estimate of drug-likeness (QED) is 0.685. The lowest BCUT2D eigenvalue weighted by Crippen LogP contribution is -2.05. The van der Waals surface area contributed by atoms with E-state index in [2.05, 4.69) is 9.72 Å². The molecule has 0 amide bonds. The SMILES string of the molecule is COC(=O)c1[nH]c2c(c1F)C(=O)CC2. The Kier molecular flexibility index (Phi) is 1.87. The van der Waals surface area contributed by atoms with Gasteiger partial charge in [0.2, 0.25) is 0 Å². The molecule has 0 aromatic carbocycles. The molecule has 0 spiro atoms. The van der Waals surface area contributed by atoms with E-state index < -0.39 is 11.8 Å². The van der Waals surface area contributed by atoms with Gasteiger partial charge < -0.3 is 9.72 Å². The first kappa shape index (κ1) is 8.93. The lowest BCUT2D eigenvalue weighted by atomic mass is 10.2. The molecule has 5 heteroatoms. The van der Waals surface area contributed by atoms with Gasteiger partial charge in [0.15, 0.2) is 17.3 Å². The van der Waals surface area contributed by atoms with Gasteiger partial charge in [-0.3, -0.25) is 4.79 Å². The van der Waals surface area contributed by atoms with E-state index in [1.165, 1.54) is 0 Å². The molecule has 1 aliphatic rings. The van der Waals surface area contributed by atoms with E-state index in [9.17, 15) is 14.0 Å². The van der Waals surface area contributed by atoms with E-state index in [1.54, 1.807) is 0 Å². The summed E-state index contributed by atoms with van der Waals surface area (Å²) in [6, 6.07) is 0. The zero-order valence-corrected chi connectivity index (χ0v) is 7.52. The summed E-state index contributed by atoms with van der Waals surface area (Å²) < 4.78 is 17.8. The van der Waals surface area contributed by atoms with Crippen molar-refractivity contribution in [1.29, 1.82) is 0 Å². The highest BCUT2D eigenvalue weighted by Crippen LogP contribution is 2.26. The van der Waals surface area contributed by atoms with Gasteiger partial charge in [0, 0.05) is 12.1 Å². The van der Waals surface area contributed by atoms with Gasteiger partial charge in [-0.2, -0.15) is 0 Å². The Hall–Kier alpha value is -1.65. The third-order valence-corrected chi connectivity index (χ3v) is 2.29. The van der Waals surface area contributed by atoms with Crippen LogP contribution in [0.5, 0.6) is 0 Å². The largest absolute Gasteiger partial charge is 0.464 e. The maximum atomic E-state index is 13.5. The molecule has 1 aromatic heterocycles. The van der Waals surface area contributed by atoms with Crippen molar-refractivity contribution in [2.75, 3.05) is 7.11 Å². The highest BCUT2D eigenvalue weighted by molar-refractivity contribution is 6.03. The van der Waals surface area contributed by atoms with Gasteiger partial charge in [0.25, 0.3) is 0 Å². The minimum absolute atomic E-state index is 0.0189. The number of aromatic nitrogens is 1. The maximum absolute atomic E-state index is 13.5. The van der Waals surface area contributed by atoms with Gasteiger partial charge >= 0.3 is 5.97 Å². The van der Waals surface area contributed by atoms with Crippen molar-refractivity contribution < 1.29 is 18.7 Å². The van der Waals surface area contributed by atoms with E-state index in [0.717, 1.165) is 7.11 Å². The van der Waals surface area contributed by atoms with E-state index in [4.69, 9.17) is 0 Å². The Labute approximate surface area is 79.1 Å². The first-order valence-electron chi connectivity index (χ1n) is 4.17. The molecule has 0 radical (unpaired) electrons. The van der Waals surface area contributed by atoms with Crippen LogP contribution in [0.25, 0.3) is 0 Å². The molecule has 0 bridgehead atoms. The zero-order chi connectivity index (χ0) is 10.3. The molecule has 1 aromatic rings. The third-order valence-electron chi connectivity index (χ3n) is 2.29. The summed E-state index contributed by atoms with van der Waals surface area (Å²) in [5, 5.41) is 0. The maximum Gasteiger partial charge on any atom is 0.357 e. The minimum atomic E-state index is -0.787. The number of H-pyrrole nitrogens is 1. The monoisotopic (exact) mass is 197 g/mol. The van der Waals surface area contributed by atoms with Gasteiger partial charge in [-0.25, -0.2) is 9.18 Å². The van der Waals surface area contributed by atoms with Crippen LogP contribution in [0.4, 0.5) is 4.39 Å². The van der Waals surface area contributed by atoms with Crippen molar-refractivity contribution in [3.05, 3.63) is 22.8 Å². The van der Waals surface area contributed by atoms with Crippen molar-refractivity contribution in [2.45, 2.75) is 12.8 Å². The van der Waals surface area contributed by atoms with Gasteiger partial charge in [0.05, 0.1) is 12.7 Å². The molecule has 1 heterocycles. The summed E-state index contributed by atoms with van der Waals surface area (Å²) in [5.74, 6) is -1.83. The normalized spacial score (nSPS) is 14.3. The number of esters is 1. The number of carbonyl (C=O) groups is 2. The molecule has 4 nitrogen and oxygen atoms in total. The number of hydrogen-bond acceptors (Lipinski definition) is 3. The van der Waals surface area contributed by atoms with Crippen molar-refractivity contribution in [2.24, 2.45) is 0 Å². The molecule has 14 heavy (non-hydrogen) atoms. The smallest absolute Gasteiger partial charge is 0.357 e. The molecule has 0 fully saturated rings. The molecule has 74 valence electrons. The third kappa shape index (κ3) is 1.05. The number of rotatable bonds is 1. The van der Waals surface area contributed by atoms with Crippen LogP contribution in [0, 0.1) is 5.82 Å². The highest BCUT2D eigenvalue weighted by Gasteiger charge is 2.31. The summed E-state index contributed by atoms with van der Waals surface area (Å²) in [6.45, 7) is 0. The van der Waals surface area contributed by atoms with Gasteiger partial charge in [0.1, 0.15) is 0 Å². The highest BCUT2D eigenvalue weighted by atomic mass is 19.1. The number of Topliss-reactive ketones (excluding diaryl/α,β-unsaturated/α-hetero) is 1. The Morgan fingerprint density at radius 1 is 1.50 bits per heavy atom. The number of halogens is 1. The van der Waals surface area contributed by atoms with Crippen LogP contribution in [0.3, 0.4) is 0 Å². The summed E-state index contributed by atoms with van der Waals surface area (Å²) in [5.41, 5.74) is 0.254. The fourth-order valence-corrected chi connectivity index (χ4v) is 1.61. The van der Waals surface area contributed by atoms with Crippen LogP contribution in [-0.4, -0.2) is 23.8 Å². The topological polar surface area (TPSA) is 59.2 Å². The van der Waals surface area contributed by atoms with Gasteiger partial charge in [-0.15, -0.1) is 0 Å². The molecular weight excluding hydrogens is 189 g/mol. The molecule has 1 aliphatic carbocycles. The fraction of sp³-hybridized carbons (Fsp3) is 0.333. The van der Waals surface area contributed by atoms with Crippen LogP contribution >= 0.6 is 0 Å². The Balaban J connectivity index is 2.53. The summed E-state index contributed by atoms with van der Waals surface area (Å²) in [4.78, 5) is 24.8. The number of aromatic amines is 1. The second kappa shape index (κ2) is 2.94. The van der Waals surface area contributed by atoms with Crippen LogP contribution in [0.2, 0.25) is 0 Å². The average molecular weight is 197 g/mol. The lowest BCUT2D eigenvalue weighted by Gasteiger charge is -1.95. The zero-order valence-electron chi connectivity index (χ0n) is 7.52. The van der Waals surface area contributed by atoms with Crippen molar-refractivity contribution in [3.63, 3.8) is 0 Å². The number of ether oxygens (including phenoxy) is 1. The van der Waals surface area contributed by atoms with Crippen molar-refractivity contribution in [1.82, 2.24) is 4.98 Å². The van der Waals surface area contributed by atoms with Crippen molar-refractivity contribution >= 4 is 11.8 Å². The number of ketones is 1. The standard InChI is InChI=1S/C9H8FNO3/c1-14-9(13)8-7(10)6-4(11-8)2-3-5(6)12/h11H,2-3H2,1H3. The molecule has 0 saturated carbocycles. The Bertz CT molecular complexity index is 422. The predicted octanol–water partition coefficient (Wildman–Crippen LogP) is 1.07. The van der Waals surface area contributed by atoms with Crippen LogP contribution in [0.1, 0.15) is 33.0 Å². The molecule has 0 aliphatic heterocycles. The molecule has 0 unspecified atom stereocenters. The van der Waals surface area contributed by atoms with E-state index in [1.807, 2.05) is 0 Å². The Morgan fingerprint density at radius 2 is 2.21 bits per heavy atom. The number of hydrogen-bond donors (Lipinski definition) is 1. The first-order valence-corrected chi connectivity index (χ1v) is 4.17. The fourth-order valence-electron chi connectivity index (χ4n) is 1.61. The summed E-state index contributed by atoms with van der Waals surface area (Å²) >= 11 is 0. The van der Waals surface area contributed by atoms with Gasteiger partial charge in [-0.05, 0) is 6.42 Å². The average Bonchev–Trinajstić information content (AvgIpc) is 2.68. The number of carbonyl (C=O) groups excluding carboxylic acids is 2. The van der Waals surface area contributed by atoms with Crippen LogP contribution in [-0.2, 0) is 11.2 Å². The predicted molar refractivity (Wildman–Crippen MR) is 44.7 cm³/mol. The lowest BCUT2D eigenvalue weighted by molar-refractivity contribution is 0.0589. The second-order valence-electron chi connectivity index (χ2n) is 3.08. The molecule has 0 saturated heterocycles. The van der Waals surface area contributed by atoms with Gasteiger partial charge in [-0.1, -0.05) is 0 Å². The molecule has 1 N–H and O–H groups in total. The first-order chi connectivity index (χ1) is 6.65. The van der Waals surface area contributed by atoms with Crippen LogP contribution < -0.4 is 0 Å². The number of methoxy groups -OCH3 is 1. The van der Waals surface area contributed by atoms with Crippen LogP contribution in [0.15, 0.2) is 0 Å². The van der Waals surface area contributed by atoms with E-state index in [-0.39, 0.29) is 17.0 Å². The molecule has 0 atom stereocenters. The molecule has 2 rings (SSSR count). The van der Waals surface area contributed by atoms with Crippen molar-refractivity contribution in [3.8, 4) is 0 Å².